The summed E-state index contributed by atoms with van der Waals surface area (Å²) in [4.78, 5) is 12.3. The third-order valence-corrected chi connectivity index (χ3v) is 4.08. The zero-order valence-corrected chi connectivity index (χ0v) is 12.4. The van der Waals surface area contributed by atoms with Gasteiger partial charge in [-0.05, 0) is 14.1 Å². The summed E-state index contributed by atoms with van der Waals surface area (Å²) in [6.07, 6.45) is 2.52. The van der Waals surface area contributed by atoms with E-state index in [4.69, 9.17) is 9.47 Å². The molecule has 0 unspecified atom stereocenters. The van der Waals surface area contributed by atoms with Crippen molar-refractivity contribution < 1.29 is 13.9 Å². The Morgan fingerprint density at radius 3 is 2.86 bits per heavy atom. The number of ether oxygens (including phenoxy) is 2. The van der Waals surface area contributed by atoms with E-state index >= 15 is 0 Å². The third-order valence-electron chi connectivity index (χ3n) is 4.08. The Hall–Kier alpha value is -1.31. The number of nitrogens with zero attached hydrogens (tertiary/aromatic N) is 4. The van der Waals surface area contributed by atoms with Crippen molar-refractivity contribution in [3.63, 3.8) is 0 Å². The van der Waals surface area contributed by atoms with Crippen LogP contribution in [0.25, 0.3) is 0 Å². The molecule has 0 bridgehead atoms. The fourth-order valence-electron chi connectivity index (χ4n) is 2.95. The summed E-state index contributed by atoms with van der Waals surface area (Å²) in [5, 5.41) is 0. The Kier molecular flexibility index (Phi) is 4.32. The molecule has 0 saturated carbocycles. The number of likely N-dealkylation sites (N-methyl/N-ethyl adjacent to an activating group) is 1. The molecule has 2 aliphatic rings. The van der Waals surface area contributed by atoms with Crippen LogP contribution < -0.4 is 4.90 Å². The highest BCUT2D eigenvalue weighted by molar-refractivity contribution is 5.35. The van der Waals surface area contributed by atoms with Gasteiger partial charge in [0.05, 0.1) is 44.4 Å². The predicted octanol–water partition coefficient (Wildman–Crippen LogP) is 0.397. The smallest absolute Gasteiger partial charge is 0.225 e. The molecule has 0 aromatic carbocycles. The second-order valence-electron chi connectivity index (χ2n) is 5.83. The minimum Gasteiger partial charge on any atom is -0.379 e. The highest BCUT2D eigenvalue weighted by Crippen LogP contribution is 2.34. The molecule has 6 nitrogen and oxygen atoms in total. The Morgan fingerprint density at radius 1 is 1.38 bits per heavy atom. The van der Waals surface area contributed by atoms with Gasteiger partial charge in [-0.3, -0.25) is 0 Å². The van der Waals surface area contributed by atoms with E-state index in [2.05, 4.69) is 19.8 Å². The summed E-state index contributed by atoms with van der Waals surface area (Å²) in [7, 11) is 4.05. The topological polar surface area (TPSA) is 50.7 Å². The van der Waals surface area contributed by atoms with E-state index in [0.29, 0.717) is 31.7 Å². The third kappa shape index (κ3) is 3.14. The summed E-state index contributed by atoms with van der Waals surface area (Å²) in [5.41, 5.74) is 0. The molecule has 2 aliphatic heterocycles. The number of hydrogen-bond donors (Lipinski definition) is 0. The Morgan fingerprint density at radius 2 is 2.14 bits per heavy atom. The van der Waals surface area contributed by atoms with Crippen LogP contribution in [-0.4, -0.2) is 74.0 Å². The van der Waals surface area contributed by atoms with Gasteiger partial charge in [0.25, 0.3) is 0 Å². The summed E-state index contributed by atoms with van der Waals surface area (Å²) in [5.74, 6) is 0.465. The van der Waals surface area contributed by atoms with Gasteiger partial charge >= 0.3 is 0 Å². The van der Waals surface area contributed by atoms with Crippen molar-refractivity contribution >= 4 is 5.95 Å². The zero-order valence-electron chi connectivity index (χ0n) is 12.4. The normalized spacial score (nSPS) is 28.4. The van der Waals surface area contributed by atoms with Crippen molar-refractivity contribution in [3.8, 4) is 0 Å². The van der Waals surface area contributed by atoms with Crippen molar-refractivity contribution in [1.82, 2.24) is 14.9 Å². The van der Waals surface area contributed by atoms with Gasteiger partial charge in [-0.2, -0.15) is 0 Å². The fourth-order valence-corrected chi connectivity index (χ4v) is 2.95. The largest absolute Gasteiger partial charge is 0.379 e. The minimum absolute atomic E-state index is 0.117. The maximum atomic E-state index is 13.0. The first-order valence-corrected chi connectivity index (χ1v) is 7.23. The van der Waals surface area contributed by atoms with Crippen LogP contribution >= 0.6 is 0 Å². The van der Waals surface area contributed by atoms with Crippen LogP contribution in [0.15, 0.2) is 12.4 Å². The second-order valence-corrected chi connectivity index (χ2v) is 5.83. The molecular weight excluding hydrogens is 275 g/mol. The average molecular weight is 296 g/mol. The quantitative estimate of drug-likeness (QED) is 0.784. The summed E-state index contributed by atoms with van der Waals surface area (Å²) < 4.78 is 24.6. The first-order chi connectivity index (χ1) is 10.1. The van der Waals surface area contributed by atoms with Gasteiger partial charge in [0.2, 0.25) is 5.95 Å². The van der Waals surface area contributed by atoms with Gasteiger partial charge in [-0.25, -0.2) is 14.4 Å². The lowest BCUT2D eigenvalue weighted by atomic mass is 10.0. The average Bonchev–Trinajstić information content (AvgIpc) is 3.03. The summed E-state index contributed by atoms with van der Waals surface area (Å²) in [6, 6.07) is 0.222. The van der Waals surface area contributed by atoms with Gasteiger partial charge in [-0.15, -0.1) is 0 Å². The molecule has 0 amide bonds. The Labute approximate surface area is 123 Å². The van der Waals surface area contributed by atoms with Crippen molar-refractivity contribution in [2.75, 3.05) is 51.9 Å². The van der Waals surface area contributed by atoms with Crippen LogP contribution in [0.4, 0.5) is 10.3 Å². The van der Waals surface area contributed by atoms with Crippen molar-refractivity contribution in [2.24, 2.45) is 5.92 Å². The van der Waals surface area contributed by atoms with E-state index < -0.39 is 5.82 Å². The molecule has 2 saturated heterocycles. The highest BCUT2D eigenvalue weighted by Gasteiger charge is 2.47. The van der Waals surface area contributed by atoms with Crippen LogP contribution in [0.2, 0.25) is 0 Å². The molecular formula is C14H21FN4O2. The molecule has 0 aliphatic carbocycles. The molecule has 3 atom stereocenters. The van der Waals surface area contributed by atoms with E-state index in [0.717, 1.165) is 13.1 Å². The number of anilines is 1. The monoisotopic (exact) mass is 296 g/mol. The van der Waals surface area contributed by atoms with Gasteiger partial charge in [0, 0.05) is 19.0 Å². The molecule has 7 heteroatoms. The Balaban J connectivity index is 1.67. The van der Waals surface area contributed by atoms with Gasteiger partial charge < -0.3 is 19.3 Å². The highest BCUT2D eigenvalue weighted by atomic mass is 19.1. The lowest BCUT2D eigenvalue weighted by Gasteiger charge is -2.21. The van der Waals surface area contributed by atoms with Crippen molar-refractivity contribution in [1.29, 1.82) is 0 Å². The Bertz CT molecular complexity index is 471. The molecule has 1 aromatic heterocycles. The molecule has 3 heterocycles. The molecule has 0 spiro atoms. The molecule has 116 valence electrons. The molecule has 3 rings (SSSR count). The van der Waals surface area contributed by atoms with E-state index in [1.54, 1.807) is 0 Å². The number of rotatable bonds is 5. The maximum Gasteiger partial charge on any atom is 0.225 e. The molecule has 2 fully saturated rings. The second kappa shape index (κ2) is 6.21. The zero-order chi connectivity index (χ0) is 14.8. The predicted molar refractivity (Wildman–Crippen MR) is 75.7 cm³/mol. The summed E-state index contributed by atoms with van der Waals surface area (Å²) in [6.45, 7) is 3.67. The van der Waals surface area contributed by atoms with Crippen LogP contribution in [0.5, 0.6) is 0 Å². The van der Waals surface area contributed by atoms with E-state index in [1.165, 1.54) is 12.4 Å². The van der Waals surface area contributed by atoms with Gasteiger partial charge in [0.15, 0.2) is 5.82 Å². The van der Waals surface area contributed by atoms with Gasteiger partial charge in [0.1, 0.15) is 0 Å². The van der Waals surface area contributed by atoms with Crippen molar-refractivity contribution in [3.05, 3.63) is 18.2 Å². The van der Waals surface area contributed by atoms with E-state index in [1.807, 2.05) is 14.1 Å². The van der Waals surface area contributed by atoms with Crippen LogP contribution in [0.3, 0.4) is 0 Å². The van der Waals surface area contributed by atoms with E-state index in [9.17, 15) is 4.39 Å². The molecule has 1 aromatic rings. The van der Waals surface area contributed by atoms with Crippen molar-refractivity contribution in [2.45, 2.75) is 12.1 Å². The number of hydrogen-bond acceptors (Lipinski definition) is 6. The van der Waals surface area contributed by atoms with Gasteiger partial charge in [-0.1, -0.05) is 0 Å². The number of aromatic nitrogens is 2. The van der Waals surface area contributed by atoms with Crippen LogP contribution in [0.1, 0.15) is 0 Å². The lowest BCUT2D eigenvalue weighted by Crippen LogP contribution is -2.34. The molecule has 21 heavy (non-hydrogen) atoms. The summed E-state index contributed by atoms with van der Waals surface area (Å²) >= 11 is 0. The first kappa shape index (κ1) is 14.6. The fraction of sp³-hybridized carbons (Fsp3) is 0.714. The molecule has 0 N–H and O–H groups in total. The minimum atomic E-state index is -0.420. The van der Waals surface area contributed by atoms with E-state index in [-0.39, 0.29) is 12.1 Å². The number of fused-ring (bicyclic) bond motifs is 1. The SMILES string of the molecule is CN(C)CCO[C@H]1CN(c2ncc(F)cn2)[C@H]2COC[C@@H]12. The number of halogens is 1. The molecule has 0 radical (unpaired) electrons. The maximum absolute atomic E-state index is 13.0. The van der Waals surface area contributed by atoms with Crippen LogP contribution in [-0.2, 0) is 9.47 Å². The standard InChI is InChI=1S/C14H21FN4O2/c1-18(2)3-4-21-13-7-19(12-9-20-8-11(12)13)14-16-5-10(15)6-17-14/h5-6,11-13H,3-4,7-9H2,1-2H3/t11-,12+,13+/m1/s1. The lowest BCUT2D eigenvalue weighted by molar-refractivity contribution is 0.0204. The van der Waals surface area contributed by atoms with Crippen LogP contribution in [0, 0.1) is 11.7 Å². The first-order valence-electron chi connectivity index (χ1n) is 7.23.